The maximum absolute atomic E-state index is 9.01. The number of hydrogen-bond donors (Lipinski definition) is 1. The summed E-state index contributed by atoms with van der Waals surface area (Å²) in [6, 6.07) is 3.82. The van der Waals surface area contributed by atoms with Gasteiger partial charge in [-0.25, -0.2) is 4.98 Å². The Bertz CT molecular complexity index is 300. The molecule has 0 aromatic carbocycles. The van der Waals surface area contributed by atoms with Crippen LogP contribution < -0.4 is 4.90 Å². The van der Waals surface area contributed by atoms with E-state index in [0.29, 0.717) is 0 Å². The van der Waals surface area contributed by atoms with E-state index >= 15 is 0 Å². The molecule has 1 fully saturated rings. The van der Waals surface area contributed by atoms with Gasteiger partial charge in [-0.1, -0.05) is 0 Å². The van der Waals surface area contributed by atoms with E-state index in [-0.39, 0.29) is 6.61 Å². The minimum Gasteiger partial charge on any atom is -0.392 e. The molecule has 0 radical (unpaired) electrons. The van der Waals surface area contributed by atoms with Gasteiger partial charge in [0.15, 0.2) is 0 Å². The highest BCUT2D eigenvalue weighted by Crippen LogP contribution is 2.17. The minimum absolute atomic E-state index is 0.0953. The van der Waals surface area contributed by atoms with Gasteiger partial charge in [0.05, 0.1) is 6.61 Å². The van der Waals surface area contributed by atoms with Gasteiger partial charge >= 0.3 is 0 Å². The zero-order valence-electron chi connectivity index (χ0n) is 8.02. The van der Waals surface area contributed by atoms with Gasteiger partial charge in [0, 0.05) is 30.8 Å². The highest BCUT2D eigenvalue weighted by Gasteiger charge is 2.11. The summed E-state index contributed by atoms with van der Waals surface area (Å²) in [5, 5.41) is 9.01. The van der Waals surface area contributed by atoms with Crippen molar-refractivity contribution in [3.8, 4) is 0 Å². The van der Waals surface area contributed by atoms with E-state index in [1.807, 2.05) is 23.9 Å². The van der Waals surface area contributed by atoms with Crippen molar-refractivity contribution in [2.24, 2.45) is 0 Å². The molecule has 0 aliphatic carbocycles. The molecule has 1 saturated heterocycles. The quantitative estimate of drug-likeness (QED) is 0.794. The molecule has 0 unspecified atom stereocenters. The SMILES string of the molecule is OCc1ccnc(N2CCSCC2)c1. The summed E-state index contributed by atoms with van der Waals surface area (Å²) in [7, 11) is 0. The largest absolute Gasteiger partial charge is 0.392 e. The van der Waals surface area contributed by atoms with Crippen LogP contribution in [0, 0.1) is 0 Å². The molecule has 1 aliphatic rings. The Morgan fingerprint density at radius 1 is 1.43 bits per heavy atom. The predicted molar refractivity (Wildman–Crippen MR) is 59.7 cm³/mol. The fourth-order valence-electron chi connectivity index (χ4n) is 1.52. The fraction of sp³-hybridized carbons (Fsp3) is 0.500. The maximum Gasteiger partial charge on any atom is 0.128 e. The first-order valence-electron chi connectivity index (χ1n) is 4.78. The number of hydrogen-bond acceptors (Lipinski definition) is 4. The highest BCUT2D eigenvalue weighted by atomic mass is 32.2. The summed E-state index contributed by atoms with van der Waals surface area (Å²) in [5.74, 6) is 3.34. The molecule has 1 N–H and O–H groups in total. The van der Waals surface area contributed by atoms with Crippen molar-refractivity contribution in [2.75, 3.05) is 29.5 Å². The van der Waals surface area contributed by atoms with Crippen LogP contribution in [0.1, 0.15) is 5.56 Å². The zero-order valence-corrected chi connectivity index (χ0v) is 8.83. The van der Waals surface area contributed by atoms with Crippen molar-refractivity contribution >= 4 is 17.6 Å². The summed E-state index contributed by atoms with van der Waals surface area (Å²) >= 11 is 1.98. The minimum atomic E-state index is 0.0953. The molecule has 0 spiro atoms. The monoisotopic (exact) mass is 210 g/mol. The van der Waals surface area contributed by atoms with E-state index in [2.05, 4.69) is 9.88 Å². The lowest BCUT2D eigenvalue weighted by atomic mass is 10.2. The van der Waals surface area contributed by atoms with Gasteiger partial charge in [-0.15, -0.1) is 0 Å². The van der Waals surface area contributed by atoms with Gasteiger partial charge in [-0.2, -0.15) is 11.8 Å². The van der Waals surface area contributed by atoms with Crippen LogP contribution in [0.2, 0.25) is 0 Å². The molecule has 14 heavy (non-hydrogen) atoms. The number of aromatic nitrogens is 1. The summed E-state index contributed by atoms with van der Waals surface area (Å²) in [5.41, 5.74) is 0.938. The summed E-state index contributed by atoms with van der Waals surface area (Å²) in [6.45, 7) is 2.22. The van der Waals surface area contributed by atoms with Crippen molar-refractivity contribution in [3.05, 3.63) is 23.9 Å². The topological polar surface area (TPSA) is 36.4 Å². The van der Waals surface area contributed by atoms with Gasteiger partial charge in [-0.3, -0.25) is 0 Å². The maximum atomic E-state index is 9.01. The first kappa shape index (κ1) is 9.80. The molecule has 2 rings (SSSR count). The van der Waals surface area contributed by atoms with Crippen molar-refractivity contribution in [1.82, 2.24) is 4.98 Å². The Kier molecular flexibility index (Phi) is 3.26. The number of thioether (sulfide) groups is 1. The third-order valence-electron chi connectivity index (χ3n) is 2.33. The molecule has 0 atom stereocenters. The molecule has 0 saturated carbocycles. The smallest absolute Gasteiger partial charge is 0.128 e. The molecule has 2 heterocycles. The van der Waals surface area contributed by atoms with Crippen molar-refractivity contribution in [2.45, 2.75) is 6.61 Å². The molecule has 0 bridgehead atoms. The lowest BCUT2D eigenvalue weighted by molar-refractivity contribution is 0.281. The second-order valence-corrected chi connectivity index (χ2v) is 4.50. The zero-order chi connectivity index (χ0) is 9.80. The van der Waals surface area contributed by atoms with E-state index in [1.165, 1.54) is 11.5 Å². The standard InChI is InChI=1S/C10H14N2OS/c13-8-9-1-2-11-10(7-9)12-3-5-14-6-4-12/h1-2,7,13H,3-6,8H2. The molecule has 1 aromatic heterocycles. The van der Waals surface area contributed by atoms with E-state index in [9.17, 15) is 0 Å². The average molecular weight is 210 g/mol. The lowest BCUT2D eigenvalue weighted by Gasteiger charge is -2.27. The first-order valence-corrected chi connectivity index (χ1v) is 5.94. The Morgan fingerprint density at radius 2 is 2.21 bits per heavy atom. The predicted octanol–water partition coefficient (Wildman–Crippen LogP) is 1.13. The normalized spacial score (nSPS) is 17.1. The molecule has 1 aliphatic heterocycles. The number of aliphatic hydroxyl groups is 1. The Morgan fingerprint density at radius 3 is 2.93 bits per heavy atom. The van der Waals surface area contributed by atoms with Crippen LogP contribution in [0.5, 0.6) is 0 Å². The third kappa shape index (κ3) is 2.19. The number of aliphatic hydroxyl groups excluding tert-OH is 1. The van der Waals surface area contributed by atoms with Gasteiger partial charge in [0.25, 0.3) is 0 Å². The molecule has 0 amide bonds. The first-order chi connectivity index (χ1) is 6.90. The summed E-state index contributed by atoms with van der Waals surface area (Å²) < 4.78 is 0. The van der Waals surface area contributed by atoms with Crippen molar-refractivity contribution in [3.63, 3.8) is 0 Å². The van der Waals surface area contributed by atoms with Gasteiger partial charge in [0.2, 0.25) is 0 Å². The van der Waals surface area contributed by atoms with Crippen LogP contribution in [0.25, 0.3) is 0 Å². The molecular formula is C10H14N2OS. The number of pyridine rings is 1. The van der Waals surface area contributed by atoms with Crippen molar-refractivity contribution < 1.29 is 5.11 Å². The fourth-order valence-corrected chi connectivity index (χ4v) is 2.43. The van der Waals surface area contributed by atoms with E-state index in [4.69, 9.17) is 5.11 Å². The lowest BCUT2D eigenvalue weighted by Crippen LogP contribution is -2.33. The Balaban J connectivity index is 2.13. The second-order valence-electron chi connectivity index (χ2n) is 3.28. The van der Waals surface area contributed by atoms with Crippen LogP contribution in [-0.4, -0.2) is 34.7 Å². The molecular weight excluding hydrogens is 196 g/mol. The van der Waals surface area contributed by atoms with Crippen LogP contribution >= 0.6 is 11.8 Å². The Labute approximate surface area is 88.1 Å². The van der Waals surface area contributed by atoms with Crippen LogP contribution in [0.15, 0.2) is 18.3 Å². The van der Waals surface area contributed by atoms with Crippen LogP contribution in [0.3, 0.4) is 0 Å². The molecule has 3 nitrogen and oxygen atoms in total. The molecule has 4 heteroatoms. The van der Waals surface area contributed by atoms with Gasteiger partial charge in [-0.05, 0) is 17.7 Å². The average Bonchev–Trinajstić information content (AvgIpc) is 2.30. The third-order valence-corrected chi connectivity index (χ3v) is 3.27. The summed E-state index contributed by atoms with van der Waals surface area (Å²) in [6.07, 6.45) is 1.77. The Hall–Kier alpha value is -0.740. The van der Waals surface area contributed by atoms with Crippen LogP contribution in [0.4, 0.5) is 5.82 Å². The highest BCUT2D eigenvalue weighted by molar-refractivity contribution is 7.99. The number of anilines is 1. The van der Waals surface area contributed by atoms with Gasteiger partial charge in [0.1, 0.15) is 5.82 Å². The van der Waals surface area contributed by atoms with E-state index < -0.39 is 0 Å². The molecule has 1 aromatic rings. The van der Waals surface area contributed by atoms with E-state index in [0.717, 1.165) is 24.5 Å². The van der Waals surface area contributed by atoms with Crippen molar-refractivity contribution in [1.29, 1.82) is 0 Å². The van der Waals surface area contributed by atoms with E-state index in [1.54, 1.807) is 6.20 Å². The number of nitrogens with zero attached hydrogens (tertiary/aromatic N) is 2. The molecule has 76 valence electrons. The van der Waals surface area contributed by atoms with Gasteiger partial charge < -0.3 is 10.0 Å². The second kappa shape index (κ2) is 4.66. The van der Waals surface area contributed by atoms with Crippen LogP contribution in [-0.2, 0) is 6.61 Å². The summed E-state index contributed by atoms with van der Waals surface area (Å²) in [4.78, 5) is 6.59. The number of rotatable bonds is 2.